The fourth-order valence-electron chi connectivity index (χ4n) is 17.2. The van der Waals surface area contributed by atoms with Crippen LogP contribution in [0.25, 0.3) is 0 Å². The van der Waals surface area contributed by atoms with Crippen LogP contribution >= 0.6 is 0 Å². The van der Waals surface area contributed by atoms with Crippen LogP contribution in [0.3, 0.4) is 0 Å². The third-order valence-corrected chi connectivity index (χ3v) is 22.6. The summed E-state index contributed by atoms with van der Waals surface area (Å²) in [7, 11) is 1.64. The number of carbonyl (C=O) groups is 5. The average molecular weight is 1370 g/mol. The number of hydrogen-bond donors (Lipinski definition) is 5. The number of unbranched alkanes of at least 4 members (excludes halogenated alkanes) is 1. The first-order valence-electron chi connectivity index (χ1n) is 36.8. The van der Waals surface area contributed by atoms with Gasteiger partial charge in [0, 0.05) is 38.1 Å². The fourth-order valence-corrected chi connectivity index (χ4v) is 17.2. The molecular weight excluding hydrogens is 1270 g/mol. The molecule has 0 radical (unpaired) electrons. The second kappa shape index (κ2) is 35.6. The van der Waals surface area contributed by atoms with Crippen molar-refractivity contribution in [3.63, 3.8) is 0 Å². The minimum Gasteiger partial charge on any atom is -0.497 e. The Hall–Kier alpha value is -8.98. The second-order valence-corrected chi connectivity index (χ2v) is 29.5. The van der Waals surface area contributed by atoms with E-state index in [0.717, 1.165) is 77.2 Å². The van der Waals surface area contributed by atoms with Crippen molar-refractivity contribution in [3.8, 4) is 17.6 Å². The molecule has 5 N–H and O–H groups in total. The first-order chi connectivity index (χ1) is 48.9. The average Bonchev–Trinajstić information content (AvgIpc) is 1.66. The highest BCUT2D eigenvalue weighted by Gasteiger charge is 2.59. The Bertz CT molecular complexity index is 3750. The van der Waals surface area contributed by atoms with Gasteiger partial charge in [0.1, 0.15) is 35.9 Å². The summed E-state index contributed by atoms with van der Waals surface area (Å²) < 4.78 is 22.6. The molecule has 0 saturated heterocycles. The molecule has 101 heavy (non-hydrogen) atoms. The van der Waals surface area contributed by atoms with Gasteiger partial charge < -0.3 is 40.2 Å². The van der Waals surface area contributed by atoms with E-state index in [9.17, 15) is 34.1 Å². The molecule has 0 aliphatic heterocycles. The summed E-state index contributed by atoms with van der Waals surface area (Å²) in [5, 5.41) is 28.2. The normalized spacial score (nSPS) is 21.5. The van der Waals surface area contributed by atoms with Gasteiger partial charge in [0.05, 0.1) is 30.4 Å². The summed E-state index contributed by atoms with van der Waals surface area (Å²) in [6, 6.07) is 47.3. The molecule has 6 aromatic carbocycles. The molecule has 4 aliphatic rings. The summed E-state index contributed by atoms with van der Waals surface area (Å²) in [6.45, 7) is 13.8. The SMILES string of the molecule is COc1ccc(C(NCCCC[C@H](NC(=O)[C@H](Cc2ccc(C#N)cc2)NC(=O)CCC(=O)NCCCO[C@H]2CC[C@@]3(C)C(=CC[C@H]4[C@@H]5CC[C@H]([C@H](C)CCCC(C)C)[C@@]5(C)CC[C@@H]43)C2)C(=O)Nc2ccc(COC(=O)Oc3ccc(N=O)cc3)cc2)(c2ccccc2)c2ccccc2)cc1. The molecule has 17 heteroatoms. The number of nitrogens with zero attached hydrogens (tertiary/aromatic N) is 2. The number of anilines is 1. The van der Waals surface area contributed by atoms with Crippen molar-refractivity contribution in [3.05, 3.63) is 208 Å². The zero-order valence-corrected chi connectivity index (χ0v) is 59.8. The summed E-state index contributed by atoms with van der Waals surface area (Å²) in [6.07, 6.45) is 17.4. The predicted octanol–water partition coefficient (Wildman–Crippen LogP) is 16.3. The van der Waals surface area contributed by atoms with Crippen molar-refractivity contribution in [2.45, 2.75) is 181 Å². The number of ether oxygens (including phenoxy) is 4. The van der Waals surface area contributed by atoms with E-state index in [1.54, 1.807) is 61.2 Å². The fraction of sp³-hybridized carbons (Fsp3) is 0.476. The second-order valence-electron chi connectivity index (χ2n) is 29.5. The molecule has 17 nitrogen and oxygen atoms in total. The number of fused-ring (bicyclic) bond motifs is 5. The Labute approximate surface area is 597 Å². The third kappa shape index (κ3) is 19.2. The number of carbonyl (C=O) groups excluding carboxylic acids is 5. The number of hydrogen-bond acceptors (Lipinski definition) is 13. The number of benzene rings is 6. The molecule has 3 saturated carbocycles. The molecular formula is C84H103N7O10. The number of allylic oxidation sites excluding steroid dienone is 1. The lowest BCUT2D eigenvalue weighted by molar-refractivity contribution is -0.131. The van der Waals surface area contributed by atoms with Crippen LogP contribution in [0.2, 0.25) is 0 Å². The molecule has 10 rings (SSSR count). The van der Waals surface area contributed by atoms with E-state index in [0.29, 0.717) is 66.8 Å². The van der Waals surface area contributed by atoms with Crippen molar-refractivity contribution >= 4 is 41.2 Å². The van der Waals surface area contributed by atoms with E-state index in [2.05, 4.69) is 115 Å². The molecule has 6 aromatic rings. The van der Waals surface area contributed by atoms with Crippen LogP contribution in [0.4, 0.5) is 16.2 Å². The number of amides is 4. The summed E-state index contributed by atoms with van der Waals surface area (Å²) in [4.78, 5) is 80.0. The monoisotopic (exact) mass is 1370 g/mol. The van der Waals surface area contributed by atoms with Crippen LogP contribution < -0.4 is 36.1 Å². The van der Waals surface area contributed by atoms with Crippen LogP contribution in [-0.2, 0) is 47.2 Å². The molecule has 4 aliphatic carbocycles. The lowest BCUT2D eigenvalue weighted by atomic mass is 9.47. The van der Waals surface area contributed by atoms with Crippen molar-refractivity contribution in [2.75, 3.05) is 32.1 Å². The van der Waals surface area contributed by atoms with Gasteiger partial charge in [-0.2, -0.15) is 5.26 Å². The topological polar surface area (TPSA) is 236 Å². The van der Waals surface area contributed by atoms with Crippen molar-refractivity contribution in [2.24, 2.45) is 51.5 Å². The van der Waals surface area contributed by atoms with Crippen molar-refractivity contribution < 1.29 is 42.9 Å². The van der Waals surface area contributed by atoms with E-state index in [1.807, 2.05) is 48.5 Å². The van der Waals surface area contributed by atoms with E-state index >= 15 is 0 Å². The minimum atomic E-state index is -1.17. The van der Waals surface area contributed by atoms with Gasteiger partial charge in [-0.05, 0) is 224 Å². The first kappa shape index (κ1) is 74.7. The molecule has 0 bridgehead atoms. The lowest BCUT2D eigenvalue weighted by Gasteiger charge is -2.58. The maximum Gasteiger partial charge on any atom is 0.514 e. The Morgan fingerprint density at radius 3 is 2.00 bits per heavy atom. The van der Waals surface area contributed by atoms with E-state index in [-0.39, 0.29) is 61.2 Å². The van der Waals surface area contributed by atoms with Crippen LogP contribution in [0.15, 0.2) is 175 Å². The molecule has 4 amide bonds. The highest BCUT2D eigenvalue weighted by Crippen LogP contribution is 2.67. The largest absolute Gasteiger partial charge is 0.514 e. The summed E-state index contributed by atoms with van der Waals surface area (Å²) >= 11 is 0. The maximum absolute atomic E-state index is 14.8. The molecule has 10 atom stereocenters. The van der Waals surface area contributed by atoms with Gasteiger partial charge >= 0.3 is 6.16 Å². The lowest BCUT2D eigenvalue weighted by Crippen LogP contribution is -2.53. The minimum absolute atomic E-state index is 0.0262. The third-order valence-electron chi connectivity index (χ3n) is 22.6. The highest BCUT2D eigenvalue weighted by molar-refractivity contribution is 5.98. The summed E-state index contributed by atoms with van der Waals surface area (Å²) in [5.41, 5.74) is 6.82. The molecule has 3 fully saturated rings. The number of methoxy groups -OCH3 is 1. The van der Waals surface area contributed by atoms with Gasteiger partial charge in [-0.15, -0.1) is 4.91 Å². The van der Waals surface area contributed by atoms with Crippen LogP contribution in [0.5, 0.6) is 11.5 Å². The summed E-state index contributed by atoms with van der Waals surface area (Å²) in [5.74, 6) is 3.75. The van der Waals surface area contributed by atoms with Crippen LogP contribution in [0, 0.1) is 62.6 Å². The molecule has 0 spiro atoms. The van der Waals surface area contributed by atoms with Gasteiger partial charge in [-0.3, -0.25) is 24.5 Å². The highest BCUT2D eigenvalue weighted by atomic mass is 16.7. The van der Waals surface area contributed by atoms with Crippen LogP contribution in [-0.4, -0.2) is 74.8 Å². The van der Waals surface area contributed by atoms with E-state index < -0.39 is 41.5 Å². The quantitative estimate of drug-likeness (QED) is 0.00634. The van der Waals surface area contributed by atoms with Gasteiger partial charge in [0.15, 0.2) is 0 Å². The van der Waals surface area contributed by atoms with E-state index in [4.69, 9.17) is 18.9 Å². The van der Waals surface area contributed by atoms with Gasteiger partial charge in [0.2, 0.25) is 23.6 Å². The van der Waals surface area contributed by atoms with Gasteiger partial charge in [-0.25, -0.2) is 4.79 Å². The Kier molecular flexibility index (Phi) is 26.3. The van der Waals surface area contributed by atoms with Crippen molar-refractivity contribution in [1.29, 1.82) is 5.26 Å². The Balaban J connectivity index is 0.748. The molecule has 534 valence electrons. The van der Waals surface area contributed by atoms with Gasteiger partial charge in [0.25, 0.3) is 0 Å². The number of nitroso groups, excluding NO2 is 1. The van der Waals surface area contributed by atoms with Gasteiger partial charge in [-0.1, -0.05) is 163 Å². The number of nitriles is 1. The van der Waals surface area contributed by atoms with E-state index in [1.165, 1.54) is 75.6 Å². The predicted molar refractivity (Wildman–Crippen MR) is 394 cm³/mol. The zero-order valence-electron chi connectivity index (χ0n) is 59.8. The molecule has 0 unspecified atom stereocenters. The Morgan fingerprint density at radius 2 is 1.33 bits per heavy atom. The number of nitrogens with one attached hydrogen (secondary N) is 5. The maximum atomic E-state index is 14.8. The van der Waals surface area contributed by atoms with Crippen LogP contribution in [0.1, 0.15) is 177 Å². The smallest absolute Gasteiger partial charge is 0.497 e. The number of rotatable bonds is 34. The standard InChI is InChI=1S/C84H103N7O10/c1-57(2)17-15-18-58(3)72-42-43-73-71-41-32-65-54-70(46-48-82(65,4)74(71)47-49-83(72,73)5)99-52-16-50-86-77(92)44-45-78(93)89-76(53-59-24-26-60(55-85)27-25-59)80(95)90-75(79(94)88-66-33-28-61(29-34-66)56-100-81(96)101-69-39-35-67(91-97)36-40-69)23-13-14-51-87-84(62-19-9-7-10-20-62,63-21-11-8-12-22-63)64-30-37-68(98-6)38-31-64/h7-12,19-22,24-40,57-58,70-76,87H,13-18,23,41-54,56H2,1-6H3,(H,86,92)(H,88,94)(H,89,93)(H,90,95)/t58-,70+,71+,72-,73+,74+,75+,76+,82+,83-/m1/s1. The first-order valence-corrected chi connectivity index (χ1v) is 36.8. The van der Waals surface area contributed by atoms with Crippen molar-refractivity contribution in [1.82, 2.24) is 21.3 Å². The Morgan fingerprint density at radius 1 is 0.653 bits per heavy atom. The zero-order chi connectivity index (χ0) is 71.4. The molecule has 0 aromatic heterocycles. The molecule has 0 heterocycles.